The summed E-state index contributed by atoms with van der Waals surface area (Å²) in [6.45, 7) is 3.48. The average molecular weight is 648 g/mol. The van der Waals surface area contributed by atoms with E-state index in [1.165, 1.54) is 12.1 Å². The van der Waals surface area contributed by atoms with Gasteiger partial charge in [-0.05, 0) is 56.7 Å². The fourth-order valence-electron chi connectivity index (χ4n) is 5.80. The van der Waals surface area contributed by atoms with Gasteiger partial charge in [0, 0.05) is 50.2 Å². The van der Waals surface area contributed by atoms with Crippen molar-refractivity contribution in [1.82, 2.24) is 30.3 Å². The summed E-state index contributed by atoms with van der Waals surface area (Å²) in [5.74, 6) is -1.22. The Morgan fingerprint density at radius 1 is 0.979 bits per heavy atom. The second-order valence-electron chi connectivity index (χ2n) is 12.0. The number of carbonyl (C=O) groups is 5. The van der Waals surface area contributed by atoms with E-state index in [0.717, 1.165) is 32.1 Å². The van der Waals surface area contributed by atoms with Crippen LogP contribution < -0.4 is 15.4 Å². The summed E-state index contributed by atoms with van der Waals surface area (Å²) in [5.41, 5.74) is 0.582. The van der Waals surface area contributed by atoms with Gasteiger partial charge in [0.05, 0.1) is 30.3 Å². The van der Waals surface area contributed by atoms with Crippen LogP contribution in [0, 0.1) is 11.3 Å². The van der Waals surface area contributed by atoms with Crippen LogP contribution in [0.2, 0.25) is 0 Å². The lowest BCUT2D eigenvalue weighted by Crippen LogP contribution is -2.52. The molecule has 1 atom stereocenters. The number of ether oxygens (including phenoxy) is 2. The number of nitrogens with zero attached hydrogens (tertiary/aromatic N) is 5. The maximum absolute atomic E-state index is 13.2. The van der Waals surface area contributed by atoms with Gasteiger partial charge in [0.1, 0.15) is 17.5 Å². The summed E-state index contributed by atoms with van der Waals surface area (Å²) in [4.78, 5) is 73.3. The van der Waals surface area contributed by atoms with Gasteiger partial charge in [0.25, 0.3) is 11.8 Å². The number of piperazine rings is 1. The first-order chi connectivity index (χ1) is 22.8. The first-order valence-corrected chi connectivity index (χ1v) is 16.3. The van der Waals surface area contributed by atoms with Gasteiger partial charge < -0.3 is 34.8 Å². The van der Waals surface area contributed by atoms with E-state index in [1.807, 2.05) is 13.0 Å². The van der Waals surface area contributed by atoms with Gasteiger partial charge in [-0.1, -0.05) is 13.3 Å². The van der Waals surface area contributed by atoms with E-state index in [9.17, 15) is 29.2 Å². The van der Waals surface area contributed by atoms with Crippen molar-refractivity contribution in [3.8, 4) is 11.8 Å². The summed E-state index contributed by atoms with van der Waals surface area (Å²) in [6.07, 6.45) is 5.63. The predicted molar refractivity (Wildman–Crippen MR) is 169 cm³/mol. The van der Waals surface area contributed by atoms with Crippen molar-refractivity contribution in [2.24, 2.45) is 0 Å². The third-order valence-electron chi connectivity index (χ3n) is 8.83. The number of hydrogen-bond acceptors (Lipinski definition) is 9. The van der Waals surface area contributed by atoms with E-state index in [-0.39, 0.29) is 48.4 Å². The largest absolute Gasteiger partial charge is 0.483 e. The van der Waals surface area contributed by atoms with Crippen molar-refractivity contribution in [3.05, 3.63) is 35.5 Å². The van der Waals surface area contributed by atoms with Crippen LogP contribution in [0.4, 0.5) is 4.79 Å². The number of fused-ring (bicyclic) bond motifs is 1. The molecule has 1 saturated carbocycles. The monoisotopic (exact) mass is 647 g/mol. The number of likely N-dealkylation sites (tertiary alicyclic amines) is 1. The zero-order chi connectivity index (χ0) is 33.3. The molecular formula is C33H41N7O7. The summed E-state index contributed by atoms with van der Waals surface area (Å²) in [6, 6.07) is 7.81. The Kier molecular flexibility index (Phi) is 11.1. The normalized spacial score (nSPS) is 17.9. The van der Waals surface area contributed by atoms with Crippen molar-refractivity contribution in [1.29, 1.82) is 5.26 Å². The number of amides is 5. The number of nitriles is 1. The molecule has 5 amide bonds. The van der Waals surface area contributed by atoms with Gasteiger partial charge in [-0.3, -0.25) is 19.2 Å². The van der Waals surface area contributed by atoms with E-state index >= 15 is 0 Å². The van der Waals surface area contributed by atoms with Gasteiger partial charge in [-0.2, -0.15) is 5.26 Å². The first-order valence-electron chi connectivity index (χ1n) is 16.3. The van der Waals surface area contributed by atoms with Crippen LogP contribution in [0.1, 0.15) is 67.9 Å². The first kappa shape index (κ1) is 33.4. The number of aromatic nitrogens is 1. The van der Waals surface area contributed by atoms with Crippen LogP contribution in [0.5, 0.6) is 5.75 Å². The number of hydrogen-bond donors (Lipinski definition) is 2. The smallest absolute Gasteiger partial charge is 0.409 e. The second kappa shape index (κ2) is 15.6. The molecule has 2 saturated heterocycles. The molecular weight excluding hydrogens is 606 g/mol. The third-order valence-corrected chi connectivity index (χ3v) is 8.83. The zero-order valence-corrected chi connectivity index (χ0v) is 26.7. The molecule has 5 rings (SSSR count). The van der Waals surface area contributed by atoms with Gasteiger partial charge in [0.15, 0.2) is 6.61 Å². The molecule has 2 aromatic rings. The molecule has 1 aliphatic carbocycles. The lowest BCUT2D eigenvalue weighted by atomic mass is 9.93. The van der Waals surface area contributed by atoms with Crippen LogP contribution in [0.15, 0.2) is 24.3 Å². The molecule has 1 aromatic heterocycles. The Morgan fingerprint density at radius 2 is 1.74 bits per heavy atom. The molecule has 14 nitrogen and oxygen atoms in total. The molecule has 2 N–H and O–H groups in total. The molecule has 0 unspecified atom stereocenters. The highest BCUT2D eigenvalue weighted by atomic mass is 16.6. The molecule has 3 heterocycles. The lowest BCUT2D eigenvalue weighted by molar-refractivity contribution is -0.140. The Hall–Kier alpha value is -4.93. The Labute approximate surface area is 273 Å². The third kappa shape index (κ3) is 8.27. The molecule has 1 aromatic carbocycles. The van der Waals surface area contributed by atoms with Crippen molar-refractivity contribution >= 4 is 40.6 Å². The van der Waals surface area contributed by atoms with Crippen LogP contribution in [-0.4, -0.2) is 114 Å². The highest BCUT2D eigenvalue weighted by Gasteiger charge is 2.36. The van der Waals surface area contributed by atoms with E-state index < -0.39 is 18.0 Å². The van der Waals surface area contributed by atoms with Crippen molar-refractivity contribution in [3.63, 3.8) is 0 Å². The molecule has 0 spiro atoms. The highest BCUT2D eigenvalue weighted by Crippen LogP contribution is 2.27. The molecule has 3 fully saturated rings. The van der Waals surface area contributed by atoms with E-state index in [4.69, 9.17) is 9.47 Å². The topological polar surface area (TPSA) is 174 Å². The number of carbonyl (C=O) groups excluding carboxylic acids is 5. The number of rotatable bonds is 11. The van der Waals surface area contributed by atoms with Gasteiger partial charge in [-0.25, -0.2) is 9.78 Å². The van der Waals surface area contributed by atoms with Crippen molar-refractivity contribution < 1.29 is 33.4 Å². The van der Waals surface area contributed by atoms with Crippen LogP contribution in [0.3, 0.4) is 0 Å². The van der Waals surface area contributed by atoms with Gasteiger partial charge in [-0.15, -0.1) is 0 Å². The average Bonchev–Trinajstić information content (AvgIpc) is 3.57. The zero-order valence-electron chi connectivity index (χ0n) is 26.7. The van der Waals surface area contributed by atoms with E-state index in [2.05, 4.69) is 15.6 Å². The van der Waals surface area contributed by atoms with Crippen molar-refractivity contribution in [2.75, 3.05) is 52.5 Å². The molecule has 47 heavy (non-hydrogen) atoms. The maximum atomic E-state index is 13.2. The van der Waals surface area contributed by atoms with Crippen LogP contribution in [0.25, 0.3) is 10.9 Å². The van der Waals surface area contributed by atoms with Crippen molar-refractivity contribution in [2.45, 2.75) is 64.0 Å². The molecule has 0 radical (unpaired) electrons. The molecule has 250 valence electrons. The number of benzene rings is 1. The number of pyridine rings is 1. The predicted octanol–water partition coefficient (Wildman–Crippen LogP) is 1.96. The Morgan fingerprint density at radius 3 is 2.45 bits per heavy atom. The minimum atomic E-state index is -0.635. The second-order valence-corrected chi connectivity index (χ2v) is 12.0. The molecule has 2 aliphatic heterocycles. The minimum Gasteiger partial charge on any atom is -0.483 e. The SMILES string of the molecule is CCCCOC(=O)N1CCN(C(=O)CNC(=O)c2cc(OCC(=O)N3CCC[C@H]3C(=O)NC3CCC3)c3ccc(C#N)cc3n2)CC1. The minimum absolute atomic E-state index is 0.0543. The van der Waals surface area contributed by atoms with Crippen LogP contribution >= 0.6 is 0 Å². The molecule has 0 bridgehead atoms. The highest BCUT2D eigenvalue weighted by molar-refractivity contribution is 5.99. The number of unbranched alkanes of at least 4 members (excludes halogenated alkanes) is 1. The fraction of sp³-hybridized carbons (Fsp3) is 0.545. The van der Waals surface area contributed by atoms with E-state index in [1.54, 1.807) is 26.8 Å². The van der Waals surface area contributed by atoms with Gasteiger partial charge >= 0.3 is 6.09 Å². The molecule has 3 aliphatic rings. The molecule has 14 heteroatoms. The standard InChI is InChI=1S/C33H41N7O7/c1-2-3-16-46-33(45)39-14-12-38(13-15-39)29(41)20-35-31(43)26-18-28(24-10-9-22(19-34)17-25(24)37-26)47-21-30(42)40-11-5-8-27(40)32(44)36-23-6-4-7-23/h9-10,17-18,23,27H,2-8,11-16,20-21H2,1H3,(H,35,43)(H,36,44)/t27-/m0/s1. The quantitative estimate of drug-likeness (QED) is 0.346. The summed E-state index contributed by atoms with van der Waals surface area (Å²) < 4.78 is 11.2. The van der Waals surface area contributed by atoms with E-state index in [0.29, 0.717) is 68.6 Å². The van der Waals surface area contributed by atoms with Gasteiger partial charge in [0.2, 0.25) is 11.8 Å². The fourth-order valence-corrected chi connectivity index (χ4v) is 5.80. The summed E-state index contributed by atoms with van der Waals surface area (Å²) in [7, 11) is 0. The Bertz CT molecular complexity index is 1550. The summed E-state index contributed by atoms with van der Waals surface area (Å²) >= 11 is 0. The summed E-state index contributed by atoms with van der Waals surface area (Å²) in [5, 5.41) is 15.5. The van der Waals surface area contributed by atoms with Crippen LogP contribution in [-0.2, 0) is 19.1 Å². The number of nitrogens with one attached hydrogen (secondary N) is 2. The lowest BCUT2D eigenvalue weighted by Gasteiger charge is -2.34. The maximum Gasteiger partial charge on any atom is 0.409 e. The Balaban J connectivity index is 1.20.